The van der Waals surface area contributed by atoms with Crippen LogP contribution < -0.4 is 4.90 Å². The molecular weight excluding hydrogens is 542 g/mol. The van der Waals surface area contributed by atoms with Crippen LogP contribution >= 0.6 is 0 Å². The van der Waals surface area contributed by atoms with E-state index in [9.17, 15) is 12.3 Å². The van der Waals surface area contributed by atoms with Crippen LogP contribution in [-0.2, 0) is 0 Å². The standard InChI is InChI=1S/C44H31N/c1-3-12-32(13-4-1)33-22-27-38(28-23-33)45(43-21-11-18-34-16-7-9-19-40(34)43)39-29-24-37(25-30-39)44-41-20-10-8-17-36(41)26-31-42(44)35-14-5-2-6-15-35/h1-31H/i1D,3D,4D,7D,9D,11D,12D,13D,16D,18D,19D,21D,22D,23D,24D,25D,27D,28D,29D,30D. The Hall–Kier alpha value is -5.92. The van der Waals surface area contributed by atoms with Gasteiger partial charge in [0.25, 0.3) is 0 Å². The molecule has 0 radical (unpaired) electrons. The normalized spacial score (nSPS) is 17.3. The van der Waals surface area contributed by atoms with E-state index in [2.05, 4.69) is 0 Å². The van der Waals surface area contributed by atoms with Gasteiger partial charge in [-0.15, -0.1) is 0 Å². The third-order valence-corrected chi connectivity index (χ3v) is 7.20. The first-order valence-electron chi connectivity index (χ1n) is 23.8. The predicted octanol–water partition coefficient (Wildman–Crippen LogP) is 12.5. The molecule has 0 heterocycles. The summed E-state index contributed by atoms with van der Waals surface area (Å²) in [6.45, 7) is 0. The van der Waals surface area contributed by atoms with Crippen molar-refractivity contribution in [1.82, 2.24) is 0 Å². The second-order valence-corrected chi connectivity index (χ2v) is 9.83. The summed E-state index contributed by atoms with van der Waals surface area (Å²) in [5.41, 5.74) is -2.72. The lowest BCUT2D eigenvalue weighted by Gasteiger charge is -2.27. The van der Waals surface area contributed by atoms with Crippen LogP contribution in [0.25, 0.3) is 54.9 Å². The number of hydrogen-bond donors (Lipinski definition) is 0. The van der Waals surface area contributed by atoms with Crippen LogP contribution in [0.5, 0.6) is 0 Å². The number of benzene rings is 8. The van der Waals surface area contributed by atoms with E-state index < -0.39 is 160 Å². The van der Waals surface area contributed by atoms with Crippen molar-refractivity contribution < 1.29 is 27.4 Å². The molecule has 0 bridgehead atoms. The molecular formula is C44H31N. The Morgan fingerprint density at radius 3 is 1.78 bits per heavy atom. The first-order valence-corrected chi connectivity index (χ1v) is 13.8. The van der Waals surface area contributed by atoms with E-state index in [1.807, 2.05) is 6.07 Å². The molecule has 1 nitrogen and oxygen atoms in total. The molecule has 0 atom stereocenters. The second-order valence-electron chi connectivity index (χ2n) is 9.83. The summed E-state index contributed by atoms with van der Waals surface area (Å²) >= 11 is 0. The predicted molar refractivity (Wildman–Crippen MR) is 192 cm³/mol. The van der Waals surface area contributed by atoms with Crippen LogP contribution in [0.1, 0.15) is 27.4 Å². The van der Waals surface area contributed by atoms with Crippen molar-refractivity contribution in [2.24, 2.45) is 0 Å². The lowest BCUT2D eigenvalue weighted by atomic mass is 9.89. The largest absolute Gasteiger partial charge is 0.310 e. The fourth-order valence-corrected chi connectivity index (χ4v) is 5.16. The van der Waals surface area contributed by atoms with E-state index in [0.717, 1.165) is 0 Å². The molecule has 0 aliphatic rings. The maximum atomic E-state index is 9.68. The summed E-state index contributed by atoms with van der Waals surface area (Å²) in [6.07, 6.45) is 0. The van der Waals surface area contributed by atoms with Crippen molar-refractivity contribution in [2.75, 3.05) is 4.90 Å². The summed E-state index contributed by atoms with van der Waals surface area (Å²) in [5, 5.41) is -0.0408. The van der Waals surface area contributed by atoms with Gasteiger partial charge in [0.2, 0.25) is 0 Å². The molecule has 0 fully saturated rings. The van der Waals surface area contributed by atoms with Crippen LogP contribution in [-0.4, -0.2) is 0 Å². The molecule has 0 amide bonds. The highest BCUT2D eigenvalue weighted by Gasteiger charge is 2.17. The highest BCUT2D eigenvalue weighted by atomic mass is 15.1. The van der Waals surface area contributed by atoms with E-state index in [4.69, 9.17) is 15.1 Å². The highest BCUT2D eigenvalue weighted by Crippen LogP contribution is 2.42. The zero-order valence-electron chi connectivity index (χ0n) is 43.3. The van der Waals surface area contributed by atoms with Crippen LogP contribution in [0.3, 0.4) is 0 Å². The van der Waals surface area contributed by atoms with E-state index in [1.165, 1.54) is 0 Å². The molecule has 1 heteroatoms. The lowest BCUT2D eigenvalue weighted by Crippen LogP contribution is -2.10. The quantitative estimate of drug-likeness (QED) is 0.185. The van der Waals surface area contributed by atoms with Gasteiger partial charge in [-0.2, -0.15) is 0 Å². The highest BCUT2D eigenvalue weighted by molar-refractivity contribution is 6.05. The van der Waals surface area contributed by atoms with E-state index in [0.29, 0.717) is 32.4 Å². The van der Waals surface area contributed by atoms with E-state index in [-0.39, 0.29) is 5.56 Å². The van der Waals surface area contributed by atoms with Gasteiger partial charge in [-0.3, -0.25) is 0 Å². The molecule has 8 aromatic rings. The van der Waals surface area contributed by atoms with Gasteiger partial charge in [0.1, 0.15) is 0 Å². The van der Waals surface area contributed by atoms with Gasteiger partial charge in [-0.05, 0) is 79.8 Å². The van der Waals surface area contributed by atoms with E-state index in [1.54, 1.807) is 60.7 Å². The van der Waals surface area contributed by atoms with Crippen molar-refractivity contribution in [2.45, 2.75) is 0 Å². The van der Waals surface area contributed by atoms with Gasteiger partial charge in [0, 0.05) is 16.8 Å². The van der Waals surface area contributed by atoms with Crippen molar-refractivity contribution in [3.05, 3.63) is 188 Å². The minimum atomic E-state index is -1.07. The monoisotopic (exact) mass is 593 g/mol. The van der Waals surface area contributed by atoms with Gasteiger partial charge in [-0.1, -0.05) is 157 Å². The Morgan fingerprint density at radius 1 is 0.378 bits per heavy atom. The second kappa shape index (κ2) is 11.6. The molecule has 0 saturated carbocycles. The molecule has 0 aliphatic heterocycles. The van der Waals surface area contributed by atoms with Crippen molar-refractivity contribution in [3.8, 4) is 33.4 Å². The number of hydrogen-bond acceptors (Lipinski definition) is 1. The topological polar surface area (TPSA) is 3.24 Å². The van der Waals surface area contributed by atoms with Gasteiger partial charge < -0.3 is 4.90 Å². The van der Waals surface area contributed by atoms with Gasteiger partial charge in [-0.25, -0.2) is 0 Å². The van der Waals surface area contributed by atoms with Crippen molar-refractivity contribution in [1.29, 1.82) is 0 Å². The van der Waals surface area contributed by atoms with Gasteiger partial charge in [0.05, 0.1) is 33.1 Å². The zero-order valence-corrected chi connectivity index (χ0v) is 23.3. The summed E-state index contributed by atoms with van der Waals surface area (Å²) in [4.78, 5) is 0.598. The van der Waals surface area contributed by atoms with Gasteiger partial charge in [0.15, 0.2) is 0 Å². The average Bonchev–Trinajstić information content (AvgIpc) is 3.30. The molecule has 45 heavy (non-hydrogen) atoms. The lowest BCUT2D eigenvalue weighted by molar-refractivity contribution is 1.30. The Kier molecular flexibility index (Phi) is 3.36. The number of rotatable bonds is 6. The summed E-state index contributed by atoms with van der Waals surface area (Å²) in [7, 11) is 0. The average molecular weight is 594 g/mol. The molecule has 0 aromatic heterocycles. The first kappa shape index (κ1) is 13.0. The molecule has 0 N–H and O–H groups in total. The SMILES string of the molecule is [2H]c1c([2H])c([2H])c(-c2c([2H])c([2H])c(N(c3c([2H])c([2H])c(-c4c(-c5ccccc5)ccc5ccccc45)c([2H])c3[2H])c3c([2H])c([2H])c([2H])c4c([2H])c([2H])c([2H])c([2H])c34)c([2H])c2[2H])c([2H])c1[2H]. The third kappa shape index (κ3) is 5.05. The Morgan fingerprint density at radius 2 is 1.00 bits per heavy atom. The molecule has 8 rings (SSSR count). The molecule has 0 saturated heterocycles. The van der Waals surface area contributed by atoms with Crippen LogP contribution in [0.15, 0.2) is 188 Å². The Bertz CT molecular complexity index is 3290. The molecule has 0 spiro atoms. The summed E-state index contributed by atoms with van der Waals surface area (Å²) in [6, 6.07) is 1.98. The van der Waals surface area contributed by atoms with Gasteiger partial charge >= 0.3 is 0 Å². The van der Waals surface area contributed by atoms with E-state index >= 15 is 0 Å². The molecule has 8 aromatic carbocycles. The third-order valence-electron chi connectivity index (χ3n) is 7.20. The first-order chi connectivity index (χ1) is 30.7. The van der Waals surface area contributed by atoms with Crippen LogP contribution in [0, 0.1) is 0 Å². The zero-order chi connectivity index (χ0) is 47.4. The van der Waals surface area contributed by atoms with Crippen LogP contribution in [0.2, 0.25) is 0 Å². The summed E-state index contributed by atoms with van der Waals surface area (Å²) < 4.78 is 179. The smallest absolute Gasteiger partial charge is 0.0645 e. The Balaban J connectivity index is 1.58. The molecule has 0 unspecified atom stereocenters. The number of nitrogens with zero attached hydrogens (tertiary/aromatic N) is 1. The van der Waals surface area contributed by atoms with Crippen LogP contribution in [0.4, 0.5) is 17.1 Å². The van der Waals surface area contributed by atoms with Crippen molar-refractivity contribution in [3.63, 3.8) is 0 Å². The maximum Gasteiger partial charge on any atom is 0.0645 e. The maximum absolute atomic E-state index is 9.68. The molecule has 0 aliphatic carbocycles. The number of anilines is 3. The fourth-order valence-electron chi connectivity index (χ4n) is 5.16. The fraction of sp³-hybridized carbons (Fsp3) is 0. The minimum Gasteiger partial charge on any atom is -0.310 e. The number of fused-ring (bicyclic) bond motifs is 2. The Labute approximate surface area is 292 Å². The minimum absolute atomic E-state index is 0.198. The molecule has 212 valence electrons. The van der Waals surface area contributed by atoms with Crippen molar-refractivity contribution >= 4 is 38.6 Å². The summed E-state index contributed by atoms with van der Waals surface area (Å²) in [5.74, 6) is 0.